The maximum Gasteiger partial charge on any atom is 0.272 e. The Morgan fingerprint density at radius 1 is 1.21 bits per heavy atom. The van der Waals surface area contributed by atoms with E-state index in [0.29, 0.717) is 5.56 Å². The van der Waals surface area contributed by atoms with Crippen LogP contribution in [0.1, 0.15) is 29.7 Å². The van der Waals surface area contributed by atoms with E-state index in [-0.39, 0.29) is 22.5 Å². The Morgan fingerprint density at radius 2 is 1.92 bits per heavy atom. The lowest BCUT2D eigenvalue weighted by Crippen LogP contribution is -2.30. The molecule has 1 aliphatic carbocycles. The zero-order valence-electron chi connectivity index (χ0n) is 13.4. The van der Waals surface area contributed by atoms with Gasteiger partial charge in [-0.3, -0.25) is 10.1 Å². The topological polar surface area (TPSA) is 89.3 Å². The SMILES string of the molecule is Cc1cc(S(=O)(=O)NC2c3ccccc3CC2C)ccc1[N+](=O)[O-]. The van der Waals surface area contributed by atoms with Gasteiger partial charge in [0.25, 0.3) is 5.69 Å². The van der Waals surface area contributed by atoms with E-state index in [0.717, 1.165) is 17.5 Å². The second-order valence-corrected chi connectivity index (χ2v) is 7.90. The Morgan fingerprint density at radius 3 is 2.58 bits per heavy atom. The largest absolute Gasteiger partial charge is 0.272 e. The number of nitro groups is 1. The molecule has 0 amide bonds. The number of nitrogens with one attached hydrogen (secondary N) is 1. The van der Waals surface area contributed by atoms with Crippen molar-refractivity contribution in [1.29, 1.82) is 0 Å². The normalized spacial score (nSPS) is 19.9. The summed E-state index contributed by atoms with van der Waals surface area (Å²) in [6.07, 6.45) is 0.822. The molecule has 0 aromatic heterocycles. The van der Waals surface area contributed by atoms with Gasteiger partial charge in [-0.15, -0.1) is 0 Å². The van der Waals surface area contributed by atoms with Crippen LogP contribution < -0.4 is 4.72 Å². The fourth-order valence-electron chi connectivity index (χ4n) is 3.21. The predicted octanol–water partition coefficient (Wildman–Crippen LogP) is 3.12. The molecule has 126 valence electrons. The smallest absolute Gasteiger partial charge is 0.258 e. The summed E-state index contributed by atoms with van der Waals surface area (Å²) in [4.78, 5) is 10.4. The monoisotopic (exact) mass is 346 g/mol. The van der Waals surface area contributed by atoms with E-state index in [1.54, 1.807) is 0 Å². The fraction of sp³-hybridized carbons (Fsp3) is 0.294. The van der Waals surface area contributed by atoms with Crippen molar-refractivity contribution in [3.63, 3.8) is 0 Å². The van der Waals surface area contributed by atoms with E-state index in [1.165, 1.54) is 25.1 Å². The van der Waals surface area contributed by atoms with Crippen molar-refractivity contribution in [2.75, 3.05) is 0 Å². The summed E-state index contributed by atoms with van der Waals surface area (Å²) in [6.45, 7) is 3.54. The maximum atomic E-state index is 12.7. The van der Waals surface area contributed by atoms with E-state index in [2.05, 4.69) is 4.72 Å². The number of benzene rings is 2. The van der Waals surface area contributed by atoms with Crippen molar-refractivity contribution in [2.45, 2.75) is 31.2 Å². The molecule has 0 bridgehead atoms. The first-order valence-electron chi connectivity index (χ1n) is 7.65. The Hall–Kier alpha value is -2.25. The average molecular weight is 346 g/mol. The minimum atomic E-state index is -3.76. The summed E-state index contributed by atoms with van der Waals surface area (Å²) in [5.74, 6) is 0.149. The van der Waals surface area contributed by atoms with Crippen molar-refractivity contribution in [1.82, 2.24) is 4.72 Å². The van der Waals surface area contributed by atoms with Crippen LogP contribution in [-0.2, 0) is 16.4 Å². The van der Waals surface area contributed by atoms with Gasteiger partial charge in [0.1, 0.15) is 0 Å². The van der Waals surface area contributed by atoms with Gasteiger partial charge < -0.3 is 0 Å². The van der Waals surface area contributed by atoms with Gasteiger partial charge >= 0.3 is 0 Å². The average Bonchev–Trinajstić information content (AvgIpc) is 2.82. The van der Waals surface area contributed by atoms with E-state index in [1.807, 2.05) is 31.2 Å². The lowest BCUT2D eigenvalue weighted by molar-refractivity contribution is -0.385. The number of hydrogen-bond acceptors (Lipinski definition) is 4. The molecule has 1 N–H and O–H groups in total. The molecule has 2 unspecified atom stereocenters. The summed E-state index contributed by atoms with van der Waals surface area (Å²) >= 11 is 0. The van der Waals surface area contributed by atoms with Crippen LogP contribution in [0.2, 0.25) is 0 Å². The van der Waals surface area contributed by atoms with Crippen LogP contribution in [0.3, 0.4) is 0 Å². The Labute approximate surface area is 140 Å². The van der Waals surface area contributed by atoms with Gasteiger partial charge in [0, 0.05) is 11.6 Å². The molecule has 1 aliphatic rings. The van der Waals surface area contributed by atoms with Crippen molar-refractivity contribution in [3.05, 3.63) is 69.3 Å². The number of aryl methyl sites for hydroxylation is 1. The Kier molecular flexibility index (Phi) is 4.15. The first-order valence-corrected chi connectivity index (χ1v) is 9.13. The number of fused-ring (bicyclic) bond motifs is 1. The highest BCUT2D eigenvalue weighted by atomic mass is 32.2. The van der Waals surface area contributed by atoms with Crippen LogP contribution in [0.5, 0.6) is 0 Å². The van der Waals surface area contributed by atoms with Crippen LogP contribution in [0.15, 0.2) is 47.4 Å². The summed E-state index contributed by atoms with van der Waals surface area (Å²) in [7, 11) is -3.76. The van der Waals surface area contributed by atoms with Crippen LogP contribution >= 0.6 is 0 Å². The molecular formula is C17H18N2O4S. The van der Waals surface area contributed by atoms with Gasteiger partial charge in [0.2, 0.25) is 10.0 Å². The Balaban J connectivity index is 1.92. The number of nitro benzene ring substituents is 1. The lowest BCUT2D eigenvalue weighted by atomic mass is 10.0. The first-order chi connectivity index (χ1) is 11.3. The molecule has 2 aromatic carbocycles. The molecule has 2 aromatic rings. The highest BCUT2D eigenvalue weighted by Crippen LogP contribution is 2.36. The third-order valence-electron chi connectivity index (χ3n) is 4.46. The van der Waals surface area contributed by atoms with Crippen LogP contribution in [0.4, 0.5) is 5.69 Å². The van der Waals surface area contributed by atoms with Crippen LogP contribution in [0, 0.1) is 23.0 Å². The molecule has 0 spiro atoms. The van der Waals surface area contributed by atoms with Crippen LogP contribution in [-0.4, -0.2) is 13.3 Å². The lowest BCUT2D eigenvalue weighted by Gasteiger charge is -2.19. The van der Waals surface area contributed by atoms with Crippen LogP contribution in [0.25, 0.3) is 0 Å². The summed E-state index contributed by atoms with van der Waals surface area (Å²) in [5, 5.41) is 10.9. The molecule has 6 nitrogen and oxygen atoms in total. The minimum Gasteiger partial charge on any atom is -0.258 e. The maximum absolute atomic E-state index is 12.7. The van der Waals surface area contributed by atoms with Gasteiger partial charge in [0.05, 0.1) is 15.9 Å². The molecule has 0 aliphatic heterocycles. The molecule has 3 rings (SSSR count). The third-order valence-corrected chi connectivity index (χ3v) is 5.90. The first kappa shape index (κ1) is 16.6. The van der Waals surface area contributed by atoms with Crippen molar-refractivity contribution < 1.29 is 13.3 Å². The van der Waals surface area contributed by atoms with E-state index in [4.69, 9.17) is 0 Å². The zero-order valence-corrected chi connectivity index (χ0v) is 14.2. The van der Waals surface area contributed by atoms with Gasteiger partial charge in [0.15, 0.2) is 0 Å². The molecule has 0 fully saturated rings. The minimum absolute atomic E-state index is 0.0437. The Bertz CT molecular complexity index is 909. The predicted molar refractivity (Wildman–Crippen MR) is 90.2 cm³/mol. The summed E-state index contributed by atoms with van der Waals surface area (Å²) < 4.78 is 28.1. The molecule has 0 heterocycles. The highest BCUT2D eigenvalue weighted by molar-refractivity contribution is 7.89. The van der Waals surface area contributed by atoms with Crippen molar-refractivity contribution in [3.8, 4) is 0 Å². The molecular weight excluding hydrogens is 328 g/mol. The molecule has 0 saturated heterocycles. The van der Waals surface area contributed by atoms with E-state index < -0.39 is 14.9 Å². The summed E-state index contributed by atoms with van der Waals surface area (Å²) in [5.41, 5.74) is 2.38. The fourth-order valence-corrected chi connectivity index (χ4v) is 4.62. The number of sulfonamides is 1. The number of rotatable bonds is 4. The number of nitrogens with zero attached hydrogens (tertiary/aromatic N) is 1. The molecule has 24 heavy (non-hydrogen) atoms. The molecule has 2 atom stereocenters. The third kappa shape index (κ3) is 2.92. The van der Waals surface area contributed by atoms with Gasteiger partial charge in [-0.1, -0.05) is 31.2 Å². The zero-order chi connectivity index (χ0) is 17.5. The quantitative estimate of drug-likeness (QED) is 0.680. The van der Waals surface area contributed by atoms with Gasteiger partial charge in [-0.2, -0.15) is 0 Å². The van der Waals surface area contributed by atoms with Gasteiger partial charge in [-0.05, 0) is 42.5 Å². The second kappa shape index (κ2) is 5.99. The van der Waals surface area contributed by atoms with Crippen molar-refractivity contribution in [2.24, 2.45) is 5.92 Å². The van der Waals surface area contributed by atoms with Gasteiger partial charge in [-0.25, -0.2) is 13.1 Å². The second-order valence-electron chi connectivity index (χ2n) is 6.18. The van der Waals surface area contributed by atoms with E-state index in [9.17, 15) is 18.5 Å². The number of hydrogen-bond donors (Lipinski definition) is 1. The standard InChI is InChI=1S/C17H18N2O4S/c1-11-10-14(7-8-16(11)19(20)21)24(22,23)18-17-12(2)9-13-5-3-4-6-15(13)17/h3-8,10,12,17-18H,9H2,1-2H3. The summed E-state index contributed by atoms with van der Waals surface area (Å²) in [6, 6.07) is 11.3. The molecule has 0 radical (unpaired) electrons. The molecule has 0 saturated carbocycles. The van der Waals surface area contributed by atoms with Crippen molar-refractivity contribution >= 4 is 15.7 Å². The molecule has 7 heteroatoms. The highest BCUT2D eigenvalue weighted by Gasteiger charge is 2.33. The van der Waals surface area contributed by atoms with E-state index >= 15 is 0 Å².